The number of anilines is 1. The van der Waals surface area contributed by atoms with Crippen molar-refractivity contribution in [1.82, 2.24) is 9.21 Å². The lowest BCUT2D eigenvalue weighted by molar-refractivity contribution is -0.130. The Morgan fingerprint density at radius 3 is 2.08 bits per heavy atom. The van der Waals surface area contributed by atoms with E-state index < -0.39 is 32.5 Å². The van der Waals surface area contributed by atoms with E-state index in [1.807, 2.05) is 6.92 Å². The molecule has 0 unspecified atom stereocenters. The van der Waals surface area contributed by atoms with Gasteiger partial charge in [-0.1, -0.05) is 53.6 Å². The Morgan fingerprint density at radius 1 is 0.833 bits per heavy atom. The van der Waals surface area contributed by atoms with E-state index >= 15 is 0 Å². The van der Waals surface area contributed by atoms with Crippen molar-refractivity contribution >= 4 is 43.2 Å². The third-order valence-corrected chi connectivity index (χ3v) is 9.89. The number of aryl methyl sites for hydroxylation is 1. The molecule has 8 nitrogen and oxygen atoms in total. The molecule has 0 bridgehead atoms. The van der Waals surface area contributed by atoms with Crippen LogP contribution in [0, 0.1) is 6.92 Å². The van der Waals surface area contributed by atoms with Gasteiger partial charge in [0.25, 0.3) is 10.0 Å². The Hall–Kier alpha value is -2.92. The van der Waals surface area contributed by atoms with Crippen LogP contribution < -0.4 is 4.31 Å². The first-order valence-corrected chi connectivity index (χ1v) is 14.5. The molecule has 0 radical (unpaired) electrons. The number of hydrogen-bond acceptors (Lipinski definition) is 5. The summed E-state index contributed by atoms with van der Waals surface area (Å²) in [5.74, 6) is -0.429. The Morgan fingerprint density at radius 2 is 1.47 bits per heavy atom. The molecule has 11 heteroatoms. The molecule has 1 fully saturated rings. The van der Waals surface area contributed by atoms with Crippen molar-refractivity contribution in [3.8, 4) is 0 Å². The first kappa shape index (κ1) is 26.2. The zero-order valence-corrected chi connectivity index (χ0v) is 22.0. The molecule has 0 aliphatic carbocycles. The van der Waals surface area contributed by atoms with Gasteiger partial charge in [0.15, 0.2) is 0 Å². The van der Waals surface area contributed by atoms with Crippen LogP contribution in [0.15, 0.2) is 88.7 Å². The largest absolute Gasteiger partial charge is 0.338 e. The minimum absolute atomic E-state index is 0.0480. The van der Waals surface area contributed by atoms with Crippen molar-refractivity contribution < 1.29 is 21.6 Å². The lowest BCUT2D eigenvalue weighted by Gasteiger charge is -2.35. The lowest BCUT2D eigenvalue weighted by Crippen LogP contribution is -2.53. The molecule has 1 saturated heterocycles. The molecular weight excluding hydrogens is 522 g/mol. The number of rotatable bonds is 7. The van der Waals surface area contributed by atoms with Crippen molar-refractivity contribution in [3.05, 3.63) is 89.4 Å². The van der Waals surface area contributed by atoms with E-state index in [0.29, 0.717) is 5.02 Å². The van der Waals surface area contributed by atoms with Crippen LogP contribution in [0.4, 0.5) is 5.69 Å². The van der Waals surface area contributed by atoms with E-state index in [1.54, 1.807) is 60.7 Å². The van der Waals surface area contributed by atoms with Crippen LogP contribution in [0.2, 0.25) is 5.02 Å². The van der Waals surface area contributed by atoms with E-state index in [-0.39, 0.29) is 41.7 Å². The van der Waals surface area contributed by atoms with Crippen LogP contribution in [-0.4, -0.2) is 64.7 Å². The van der Waals surface area contributed by atoms with E-state index in [1.165, 1.54) is 27.4 Å². The number of benzene rings is 3. The fourth-order valence-corrected chi connectivity index (χ4v) is 6.96. The Balaban J connectivity index is 1.51. The second-order valence-electron chi connectivity index (χ2n) is 8.40. The molecule has 1 aliphatic heterocycles. The summed E-state index contributed by atoms with van der Waals surface area (Å²) >= 11 is 6.11. The van der Waals surface area contributed by atoms with Crippen molar-refractivity contribution in [2.75, 3.05) is 37.0 Å². The monoisotopic (exact) mass is 547 g/mol. The molecule has 36 heavy (non-hydrogen) atoms. The molecule has 1 heterocycles. The second-order valence-corrected chi connectivity index (χ2v) is 12.6. The maximum atomic E-state index is 13.5. The molecular formula is C25H26ClN3O5S2. The number of nitrogens with zero attached hydrogens (tertiary/aromatic N) is 3. The van der Waals surface area contributed by atoms with E-state index in [0.717, 1.165) is 9.87 Å². The smallest absolute Gasteiger partial charge is 0.264 e. The number of carbonyl (C=O) groups is 1. The minimum Gasteiger partial charge on any atom is -0.338 e. The van der Waals surface area contributed by atoms with Crippen molar-refractivity contribution in [3.63, 3.8) is 0 Å². The molecule has 4 rings (SSSR count). The van der Waals surface area contributed by atoms with Crippen LogP contribution in [0.3, 0.4) is 0 Å². The Labute approximate surface area is 216 Å². The summed E-state index contributed by atoms with van der Waals surface area (Å²) in [7, 11) is -7.74. The highest BCUT2D eigenvalue weighted by Crippen LogP contribution is 2.26. The van der Waals surface area contributed by atoms with Crippen LogP contribution in [0.5, 0.6) is 0 Å². The van der Waals surface area contributed by atoms with Gasteiger partial charge in [0.2, 0.25) is 15.9 Å². The highest BCUT2D eigenvalue weighted by Gasteiger charge is 2.33. The topological polar surface area (TPSA) is 95.1 Å². The molecule has 1 aliphatic rings. The second kappa shape index (κ2) is 10.6. The zero-order valence-electron chi connectivity index (χ0n) is 19.6. The van der Waals surface area contributed by atoms with Gasteiger partial charge in [-0.2, -0.15) is 4.31 Å². The van der Waals surface area contributed by atoms with Gasteiger partial charge >= 0.3 is 0 Å². The van der Waals surface area contributed by atoms with Crippen molar-refractivity contribution in [1.29, 1.82) is 0 Å². The van der Waals surface area contributed by atoms with Gasteiger partial charge in [0.05, 0.1) is 15.5 Å². The number of piperazine rings is 1. The summed E-state index contributed by atoms with van der Waals surface area (Å²) in [6.07, 6.45) is 0. The molecule has 3 aromatic rings. The number of hydrogen-bond donors (Lipinski definition) is 0. The maximum Gasteiger partial charge on any atom is 0.264 e. The summed E-state index contributed by atoms with van der Waals surface area (Å²) in [4.78, 5) is 15.0. The van der Waals surface area contributed by atoms with Crippen LogP contribution in [0.1, 0.15) is 5.56 Å². The first-order valence-electron chi connectivity index (χ1n) is 11.3. The first-order chi connectivity index (χ1) is 17.1. The number of carbonyl (C=O) groups excluding carboxylic acids is 1. The fourth-order valence-electron chi connectivity index (χ4n) is 3.93. The molecule has 0 N–H and O–H groups in total. The summed E-state index contributed by atoms with van der Waals surface area (Å²) in [5.41, 5.74) is 1.22. The summed E-state index contributed by atoms with van der Waals surface area (Å²) < 4.78 is 55.2. The molecule has 0 saturated carbocycles. The van der Waals surface area contributed by atoms with Gasteiger partial charge in [0.1, 0.15) is 6.54 Å². The van der Waals surface area contributed by atoms with Gasteiger partial charge in [-0.3, -0.25) is 9.10 Å². The number of amides is 1. The molecule has 0 spiro atoms. The lowest BCUT2D eigenvalue weighted by atomic mass is 10.2. The molecule has 0 atom stereocenters. The Bertz CT molecular complexity index is 1440. The molecule has 190 valence electrons. The highest BCUT2D eigenvalue weighted by molar-refractivity contribution is 7.92. The zero-order chi connectivity index (χ0) is 25.9. The summed E-state index contributed by atoms with van der Waals surface area (Å²) in [5, 5.41) is 0.336. The van der Waals surface area contributed by atoms with E-state index in [2.05, 4.69) is 0 Å². The van der Waals surface area contributed by atoms with E-state index in [9.17, 15) is 21.6 Å². The SMILES string of the molecule is Cc1ccc(S(=O)(=O)N2CCN(C(=O)CN(c3cccc(Cl)c3)S(=O)(=O)c3ccccc3)CC2)cc1. The summed E-state index contributed by atoms with van der Waals surface area (Å²) in [6.45, 7) is 1.97. The van der Waals surface area contributed by atoms with Crippen LogP contribution in [0.25, 0.3) is 0 Å². The normalized spacial score (nSPS) is 15.0. The maximum absolute atomic E-state index is 13.5. The predicted molar refractivity (Wildman–Crippen MR) is 139 cm³/mol. The molecule has 1 amide bonds. The Kier molecular flexibility index (Phi) is 7.70. The summed E-state index contributed by atoms with van der Waals surface area (Å²) in [6, 6.07) is 20.8. The van der Waals surface area contributed by atoms with Gasteiger partial charge in [0, 0.05) is 31.2 Å². The van der Waals surface area contributed by atoms with Crippen LogP contribution in [-0.2, 0) is 24.8 Å². The number of sulfonamides is 2. The quantitative estimate of drug-likeness (QED) is 0.452. The fraction of sp³-hybridized carbons (Fsp3) is 0.240. The third-order valence-electron chi connectivity index (χ3n) is 5.96. The van der Waals surface area contributed by atoms with Gasteiger partial charge < -0.3 is 4.90 Å². The minimum atomic E-state index is -4.06. The number of halogens is 1. The highest BCUT2D eigenvalue weighted by atomic mass is 35.5. The van der Waals surface area contributed by atoms with Crippen molar-refractivity contribution in [2.24, 2.45) is 0 Å². The van der Waals surface area contributed by atoms with Gasteiger partial charge in [-0.05, 0) is 49.4 Å². The van der Waals surface area contributed by atoms with Crippen molar-refractivity contribution in [2.45, 2.75) is 16.7 Å². The average Bonchev–Trinajstić information content (AvgIpc) is 2.88. The third kappa shape index (κ3) is 5.57. The van der Waals surface area contributed by atoms with E-state index in [4.69, 9.17) is 11.6 Å². The predicted octanol–water partition coefficient (Wildman–Crippen LogP) is 3.38. The molecule has 3 aromatic carbocycles. The van der Waals surface area contributed by atoms with Crippen LogP contribution >= 0.6 is 11.6 Å². The van der Waals surface area contributed by atoms with Gasteiger partial charge in [-0.25, -0.2) is 16.8 Å². The van der Waals surface area contributed by atoms with Gasteiger partial charge in [-0.15, -0.1) is 0 Å². The molecule has 0 aromatic heterocycles. The standard InChI is InChI=1S/C25H26ClN3O5S2/c1-20-10-12-24(13-11-20)35(31,32)28-16-14-27(15-17-28)25(30)19-29(22-7-5-6-21(26)18-22)36(33,34)23-8-3-2-4-9-23/h2-13,18H,14-17,19H2,1H3. The average molecular weight is 548 g/mol.